The van der Waals surface area contributed by atoms with Gasteiger partial charge in [0, 0.05) is 13.1 Å². The van der Waals surface area contributed by atoms with Gasteiger partial charge in [0.05, 0.1) is 6.54 Å². The predicted octanol–water partition coefficient (Wildman–Crippen LogP) is 0.706. The fourth-order valence-corrected chi connectivity index (χ4v) is 3.34. The second-order valence-corrected chi connectivity index (χ2v) is 6.09. The van der Waals surface area contributed by atoms with Gasteiger partial charge in [-0.15, -0.1) is 13.2 Å². The molecule has 1 aromatic carbocycles. The molecule has 0 aliphatic carbocycles. The van der Waals surface area contributed by atoms with Gasteiger partial charge in [0.1, 0.15) is 10.6 Å². The molecule has 21 heavy (non-hydrogen) atoms. The molecule has 0 unspecified atom stereocenters. The first-order valence-corrected chi connectivity index (χ1v) is 7.26. The molecular weight excluding hydrogens is 313 g/mol. The van der Waals surface area contributed by atoms with Crippen LogP contribution in [0.2, 0.25) is 0 Å². The Morgan fingerprint density at radius 2 is 1.90 bits per heavy atom. The van der Waals surface area contributed by atoms with Crippen LogP contribution in [0.5, 0.6) is 5.75 Å². The van der Waals surface area contributed by atoms with Gasteiger partial charge in [0.15, 0.2) is 0 Å². The van der Waals surface area contributed by atoms with E-state index in [2.05, 4.69) is 10.1 Å². The van der Waals surface area contributed by atoms with Crippen molar-refractivity contribution >= 4 is 15.9 Å². The van der Waals surface area contributed by atoms with Gasteiger partial charge >= 0.3 is 6.36 Å². The number of sulfonamides is 1. The van der Waals surface area contributed by atoms with Crippen molar-refractivity contribution in [2.45, 2.75) is 11.3 Å². The highest BCUT2D eigenvalue weighted by molar-refractivity contribution is 7.89. The minimum absolute atomic E-state index is 0.0194. The lowest BCUT2D eigenvalue weighted by molar-refractivity contribution is -0.275. The Morgan fingerprint density at radius 3 is 2.52 bits per heavy atom. The first-order chi connectivity index (χ1) is 9.70. The summed E-state index contributed by atoms with van der Waals surface area (Å²) in [5, 5.41) is 2.43. The summed E-state index contributed by atoms with van der Waals surface area (Å²) in [6.07, 6.45) is -5.01. The Labute approximate surface area is 118 Å². The van der Waals surface area contributed by atoms with E-state index in [0.29, 0.717) is 0 Å². The number of alkyl halides is 3. The highest BCUT2D eigenvalue weighted by atomic mass is 32.2. The molecule has 1 aromatic rings. The summed E-state index contributed by atoms with van der Waals surface area (Å²) >= 11 is 0. The maximum Gasteiger partial charge on any atom is 0.573 e. The van der Waals surface area contributed by atoms with E-state index in [1.54, 1.807) is 0 Å². The second kappa shape index (κ2) is 5.53. The minimum atomic E-state index is -5.01. The zero-order chi connectivity index (χ0) is 15.7. The van der Waals surface area contributed by atoms with Crippen LogP contribution in [0.1, 0.15) is 0 Å². The average Bonchev–Trinajstić information content (AvgIpc) is 2.37. The van der Waals surface area contributed by atoms with Crippen molar-refractivity contribution in [2.24, 2.45) is 0 Å². The minimum Gasteiger partial charge on any atom is -0.404 e. The first kappa shape index (κ1) is 15.6. The third kappa shape index (κ3) is 3.64. The number of nitrogens with zero attached hydrogens (tertiary/aromatic N) is 1. The molecule has 1 N–H and O–H groups in total. The predicted molar refractivity (Wildman–Crippen MR) is 64.9 cm³/mol. The van der Waals surface area contributed by atoms with E-state index >= 15 is 0 Å². The van der Waals surface area contributed by atoms with E-state index in [0.717, 1.165) is 16.4 Å². The number of amides is 1. The van der Waals surface area contributed by atoms with Crippen molar-refractivity contribution in [1.82, 2.24) is 9.62 Å². The normalized spacial score (nSPS) is 17.4. The van der Waals surface area contributed by atoms with Gasteiger partial charge in [-0.2, -0.15) is 4.31 Å². The summed E-state index contributed by atoms with van der Waals surface area (Å²) in [6, 6.07) is 4.41. The molecular formula is C11H11F3N2O4S. The number of carbonyl (C=O) groups is 1. The van der Waals surface area contributed by atoms with Gasteiger partial charge in [0.25, 0.3) is 0 Å². The van der Waals surface area contributed by atoms with Crippen molar-refractivity contribution in [1.29, 1.82) is 0 Å². The molecule has 6 nitrogen and oxygen atoms in total. The zero-order valence-electron chi connectivity index (χ0n) is 10.6. The van der Waals surface area contributed by atoms with Crippen LogP contribution < -0.4 is 10.1 Å². The molecule has 10 heteroatoms. The molecule has 1 fully saturated rings. The molecule has 0 aromatic heterocycles. The number of ether oxygens (including phenoxy) is 1. The third-order valence-electron chi connectivity index (χ3n) is 2.70. The van der Waals surface area contributed by atoms with Crippen LogP contribution >= 0.6 is 0 Å². The second-order valence-electron chi connectivity index (χ2n) is 4.18. The van der Waals surface area contributed by atoms with Crippen molar-refractivity contribution in [3.63, 3.8) is 0 Å². The highest BCUT2D eigenvalue weighted by Gasteiger charge is 2.36. The Balaban J connectivity index is 2.38. The summed E-state index contributed by atoms with van der Waals surface area (Å²) in [5.41, 5.74) is 0. The van der Waals surface area contributed by atoms with Crippen LogP contribution in [-0.4, -0.2) is 44.6 Å². The van der Waals surface area contributed by atoms with Gasteiger partial charge in [-0.25, -0.2) is 8.42 Å². The molecule has 0 radical (unpaired) electrons. The van der Waals surface area contributed by atoms with Crippen LogP contribution in [0.25, 0.3) is 0 Å². The number of para-hydroxylation sites is 1. The van der Waals surface area contributed by atoms with Crippen LogP contribution in [0.3, 0.4) is 0 Å². The maximum absolute atomic E-state index is 12.3. The highest BCUT2D eigenvalue weighted by Crippen LogP contribution is 2.31. The van der Waals surface area contributed by atoms with E-state index < -0.39 is 39.5 Å². The fourth-order valence-electron chi connectivity index (χ4n) is 1.83. The summed E-state index contributed by atoms with van der Waals surface area (Å²) in [5.74, 6) is -1.34. The molecule has 1 amide bonds. The number of nitrogens with one attached hydrogen (secondary N) is 1. The van der Waals surface area contributed by atoms with Crippen molar-refractivity contribution < 1.29 is 31.1 Å². The SMILES string of the molecule is O=C1CN(S(=O)(=O)c2ccccc2OC(F)(F)F)CCN1. The van der Waals surface area contributed by atoms with Crippen molar-refractivity contribution in [3.8, 4) is 5.75 Å². The number of halogens is 3. The number of piperazine rings is 1. The molecule has 1 aliphatic rings. The van der Waals surface area contributed by atoms with Gasteiger partial charge in [-0.1, -0.05) is 12.1 Å². The van der Waals surface area contributed by atoms with E-state index in [-0.39, 0.29) is 13.1 Å². The number of benzene rings is 1. The number of hydrogen-bond donors (Lipinski definition) is 1. The molecule has 0 saturated carbocycles. The van der Waals surface area contributed by atoms with E-state index in [1.165, 1.54) is 12.1 Å². The molecule has 1 saturated heterocycles. The lowest BCUT2D eigenvalue weighted by Gasteiger charge is -2.26. The van der Waals surface area contributed by atoms with Gasteiger partial charge < -0.3 is 10.1 Å². The van der Waals surface area contributed by atoms with Gasteiger partial charge in [0.2, 0.25) is 15.9 Å². The smallest absolute Gasteiger partial charge is 0.404 e. The lowest BCUT2D eigenvalue weighted by Crippen LogP contribution is -2.49. The number of hydrogen-bond acceptors (Lipinski definition) is 4. The van der Waals surface area contributed by atoms with Crippen LogP contribution in [0.4, 0.5) is 13.2 Å². The summed E-state index contributed by atoms with van der Waals surface area (Å²) in [4.78, 5) is 10.6. The van der Waals surface area contributed by atoms with Crippen molar-refractivity contribution in [2.75, 3.05) is 19.6 Å². The first-order valence-electron chi connectivity index (χ1n) is 5.82. The molecule has 0 atom stereocenters. The largest absolute Gasteiger partial charge is 0.573 e. The van der Waals surface area contributed by atoms with Crippen LogP contribution in [-0.2, 0) is 14.8 Å². The third-order valence-corrected chi connectivity index (χ3v) is 4.58. The Bertz CT molecular complexity index is 645. The Kier molecular flexibility index (Phi) is 4.10. The van der Waals surface area contributed by atoms with E-state index in [4.69, 9.17) is 0 Å². The summed E-state index contributed by atoms with van der Waals surface area (Å²) in [6.45, 7) is -0.364. The Hall–Kier alpha value is -1.81. The topological polar surface area (TPSA) is 75.7 Å². The molecule has 0 bridgehead atoms. The summed E-state index contributed by atoms with van der Waals surface area (Å²) < 4.78 is 66.2. The number of rotatable bonds is 3. The summed E-state index contributed by atoms with van der Waals surface area (Å²) in [7, 11) is -4.25. The molecule has 116 valence electrons. The van der Waals surface area contributed by atoms with Gasteiger partial charge in [-0.05, 0) is 12.1 Å². The zero-order valence-corrected chi connectivity index (χ0v) is 11.4. The Morgan fingerprint density at radius 1 is 1.24 bits per heavy atom. The van der Waals surface area contributed by atoms with E-state index in [1.807, 2.05) is 0 Å². The van der Waals surface area contributed by atoms with Crippen LogP contribution in [0.15, 0.2) is 29.2 Å². The number of carbonyl (C=O) groups excluding carboxylic acids is 1. The molecule has 0 spiro atoms. The van der Waals surface area contributed by atoms with Crippen LogP contribution in [0, 0.1) is 0 Å². The fraction of sp³-hybridized carbons (Fsp3) is 0.364. The van der Waals surface area contributed by atoms with Crippen molar-refractivity contribution in [3.05, 3.63) is 24.3 Å². The average molecular weight is 324 g/mol. The maximum atomic E-state index is 12.3. The lowest BCUT2D eigenvalue weighted by atomic mass is 10.3. The monoisotopic (exact) mass is 324 g/mol. The molecule has 1 heterocycles. The molecule has 1 aliphatic heterocycles. The molecule has 2 rings (SSSR count). The van der Waals surface area contributed by atoms with E-state index in [9.17, 15) is 26.4 Å². The van der Waals surface area contributed by atoms with Gasteiger partial charge in [-0.3, -0.25) is 4.79 Å². The quantitative estimate of drug-likeness (QED) is 0.888. The standard InChI is InChI=1S/C11H11F3N2O4S/c12-11(13,14)20-8-3-1-2-4-9(8)21(18,19)16-6-5-15-10(17)7-16/h1-4H,5-7H2,(H,15,17).